The molecular formula is C15H12SSe. The molecule has 3 aromatic rings. The molecule has 1 aromatic heterocycles. The van der Waals surface area contributed by atoms with Crippen LogP contribution in [0.15, 0.2) is 54.6 Å². The van der Waals surface area contributed by atoms with Crippen LogP contribution in [-0.4, -0.2) is 15.0 Å². The van der Waals surface area contributed by atoms with Gasteiger partial charge in [0.05, 0.1) is 0 Å². The molecule has 0 bridgehead atoms. The van der Waals surface area contributed by atoms with Crippen LogP contribution in [-0.2, 0) is 0 Å². The van der Waals surface area contributed by atoms with Crippen LogP contribution >= 0.6 is 11.3 Å². The molecule has 0 unspecified atom stereocenters. The zero-order valence-corrected chi connectivity index (χ0v) is 12.0. The monoisotopic (exact) mass is 304 g/mol. The average Bonchev–Trinajstić information content (AvgIpc) is 2.68. The van der Waals surface area contributed by atoms with Crippen molar-refractivity contribution in [2.24, 2.45) is 0 Å². The van der Waals surface area contributed by atoms with Gasteiger partial charge in [-0.3, -0.25) is 0 Å². The number of thiophene rings is 1. The first-order valence-electron chi connectivity index (χ1n) is 5.55. The Labute approximate surface area is 111 Å². The molecule has 0 N–H and O–H groups in total. The molecule has 17 heavy (non-hydrogen) atoms. The molecule has 0 aliphatic heterocycles. The van der Waals surface area contributed by atoms with Crippen molar-refractivity contribution in [2.45, 2.75) is 6.92 Å². The maximum absolute atomic E-state index is 2.25. The second kappa shape index (κ2) is 4.66. The van der Waals surface area contributed by atoms with E-state index in [1.807, 2.05) is 11.3 Å². The molecule has 0 nitrogen and oxygen atoms in total. The molecule has 1 heterocycles. The standard InChI is InChI=1S/C15H12SSe/c1-11-15(17-12-7-3-2-4-8-12)13-9-5-6-10-14(13)16-11/h2-10H,1H3. The van der Waals surface area contributed by atoms with Gasteiger partial charge in [0.25, 0.3) is 0 Å². The Morgan fingerprint density at radius 1 is 0.882 bits per heavy atom. The number of hydrogen-bond donors (Lipinski definition) is 0. The molecule has 0 radical (unpaired) electrons. The van der Waals surface area contributed by atoms with E-state index >= 15 is 0 Å². The maximum atomic E-state index is 2.25. The fourth-order valence-electron chi connectivity index (χ4n) is 1.88. The van der Waals surface area contributed by atoms with Gasteiger partial charge < -0.3 is 0 Å². The van der Waals surface area contributed by atoms with Gasteiger partial charge in [-0.1, -0.05) is 0 Å². The molecule has 3 rings (SSSR count). The second-order valence-corrected chi connectivity index (χ2v) is 7.43. The van der Waals surface area contributed by atoms with Gasteiger partial charge in [0.1, 0.15) is 0 Å². The van der Waals surface area contributed by atoms with E-state index in [9.17, 15) is 0 Å². The molecule has 0 aliphatic carbocycles. The minimum absolute atomic E-state index is 0.422. The van der Waals surface area contributed by atoms with Crippen LogP contribution in [0.25, 0.3) is 10.1 Å². The summed E-state index contributed by atoms with van der Waals surface area (Å²) in [6.45, 7) is 2.24. The zero-order chi connectivity index (χ0) is 11.7. The summed E-state index contributed by atoms with van der Waals surface area (Å²) in [6.07, 6.45) is 0. The van der Waals surface area contributed by atoms with E-state index in [2.05, 4.69) is 61.5 Å². The second-order valence-electron chi connectivity index (χ2n) is 3.90. The Bertz CT molecular complexity index is 640. The molecule has 0 aliphatic rings. The average molecular weight is 303 g/mol. The summed E-state index contributed by atoms with van der Waals surface area (Å²) in [5.41, 5.74) is 0. The van der Waals surface area contributed by atoms with Crippen molar-refractivity contribution in [2.75, 3.05) is 0 Å². The third kappa shape index (κ3) is 2.16. The van der Waals surface area contributed by atoms with Crippen LogP contribution in [0.5, 0.6) is 0 Å². The summed E-state index contributed by atoms with van der Waals surface area (Å²) in [7, 11) is 0. The van der Waals surface area contributed by atoms with Gasteiger partial charge in [0.15, 0.2) is 0 Å². The molecule has 0 atom stereocenters. The SMILES string of the molecule is Cc1sc2ccccc2c1[Se]c1ccccc1. The van der Waals surface area contributed by atoms with Crippen molar-refractivity contribution in [3.05, 3.63) is 59.5 Å². The van der Waals surface area contributed by atoms with Crippen LogP contribution in [0.3, 0.4) is 0 Å². The first-order chi connectivity index (χ1) is 8.34. The first kappa shape index (κ1) is 11.0. The summed E-state index contributed by atoms with van der Waals surface area (Å²) in [4.78, 5) is 1.47. The van der Waals surface area contributed by atoms with Gasteiger partial charge in [-0.25, -0.2) is 0 Å². The van der Waals surface area contributed by atoms with E-state index in [4.69, 9.17) is 0 Å². The van der Waals surface area contributed by atoms with Crippen LogP contribution in [0.1, 0.15) is 4.88 Å². The summed E-state index contributed by atoms with van der Waals surface area (Å²) < 4.78 is 4.41. The van der Waals surface area contributed by atoms with Crippen LogP contribution in [0, 0.1) is 6.92 Å². The predicted molar refractivity (Wildman–Crippen MR) is 78.0 cm³/mol. The Morgan fingerprint density at radius 3 is 2.41 bits per heavy atom. The Kier molecular flexibility index (Phi) is 3.02. The Hall–Kier alpha value is -1.08. The van der Waals surface area contributed by atoms with E-state index in [1.165, 1.54) is 19.4 Å². The molecule has 0 amide bonds. The van der Waals surface area contributed by atoms with Crippen molar-refractivity contribution in [3.8, 4) is 0 Å². The Balaban J connectivity index is 2.08. The molecule has 2 aromatic carbocycles. The molecule has 84 valence electrons. The van der Waals surface area contributed by atoms with E-state index < -0.39 is 0 Å². The van der Waals surface area contributed by atoms with Gasteiger partial charge >= 0.3 is 112 Å². The molecule has 0 fully saturated rings. The third-order valence-corrected chi connectivity index (χ3v) is 6.65. The van der Waals surface area contributed by atoms with Gasteiger partial charge in [-0.2, -0.15) is 0 Å². The third-order valence-electron chi connectivity index (χ3n) is 2.68. The van der Waals surface area contributed by atoms with Gasteiger partial charge in [0.2, 0.25) is 0 Å². The van der Waals surface area contributed by atoms with Crippen molar-refractivity contribution in [1.29, 1.82) is 0 Å². The van der Waals surface area contributed by atoms with Crippen LogP contribution in [0.4, 0.5) is 0 Å². The molecule has 2 heteroatoms. The van der Waals surface area contributed by atoms with Crippen molar-refractivity contribution in [1.82, 2.24) is 0 Å². The number of aryl methyl sites for hydroxylation is 1. The summed E-state index contributed by atoms with van der Waals surface area (Å²) in [6, 6.07) is 19.5. The quantitative estimate of drug-likeness (QED) is 0.639. The predicted octanol–water partition coefficient (Wildman–Crippen LogP) is 2.86. The number of benzene rings is 2. The van der Waals surface area contributed by atoms with Gasteiger partial charge in [-0.15, -0.1) is 0 Å². The minimum atomic E-state index is 0.422. The van der Waals surface area contributed by atoms with Gasteiger partial charge in [-0.05, 0) is 0 Å². The topological polar surface area (TPSA) is 0 Å². The normalized spacial score (nSPS) is 10.9. The molecular weight excluding hydrogens is 291 g/mol. The molecule has 0 saturated carbocycles. The van der Waals surface area contributed by atoms with E-state index in [-0.39, 0.29) is 0 Å². The van der Waals surface area contributed by atoms with E-state index in [0.29, 0.717) is 15.0 Å². The summed E-state index contributed by atoms with van der Waals surface area (Å²) >= 11 is 2.34. The number of rotatable bonds is 2. The van der Waals surface area contributed by atoms with Crippen molar-refractivity contribution < 1.29 is 0 Å². The first-order valence-corrected chi connectivity index (χ1v) is 8.08. The van der Waals surface area contributed by atoms with Crippen molar-refractivity contribution >= 4 is 45.3 Å². The van der Waals surface area contributed by atoms with Crippen molar-refractivity contribution in [3.63, 3.8) is 0 Å². The molecule has 0 spiro atoms. The Morgan fingerprint density at radius 2 is 1.59 bits per heavy atom. The summed E-state index contributed by atoms with van der Waals surface area (Å²) in [5.74, 6) is 0. The fraction of sp³-hybridized carbons (Fsp3) is 0.0667. The van der Waals surface area contributed by atoms with E-state index in [0.717, 1.165) is 0 Å². The van der Waals surface area contributed by atoms with E-state index in [1.54, 1.807) is 4.46 Å². The van der Waals surface area contributed by atoms with Crippen LogP contribution in [0.2, 0.25) is 0 Å². The summed E-state index contributed by atoms with van der Waals surface area (Å²) in [5, 5.41) is 1.44. The van der Waals surface area contributed by atoms with Gasteiger partial charge in [0, 0.05) is 0 Å². The fourth-order valence-corrected chi connectivity index (χ4v) is 5.48. The number of hydrogen-bond acceptors (Lipinski definition) is 1. The number of fused-ring (bicyclic) bond motifs is 1. The molecule has 0 saturated heterocycles. The van der Waals surface area contributed by atoms with Crippen LogP contribution < -0.4 is 8.92 Å². The zero-order valence-electron chi connectivity index (χ0n) is 9.51.